The number of rotatable bonds is 4. The van der Waals surface area contributed by atoms with Crippen molar-refractivity contribution in [2.24, 2.45) is 0 Å². The van der Waals surface area contributed by atoms with Gasteiger partial charge < -0.3 is 10.1 Å². The molecule has 0 atom stereocenters. The molecule has 1 aromatic rings. The lowest BCUT2D eigenvalue weighted by molar-refractivity contribution is -0.149. The minimum Gasteiger partial charge on any atom is -0.442 e. The third kappa shape index (κ3) is 2.73. The molecule has 0 radical (unpaired) electrons. The summed E-state index contributed by atoms with van der Waals surface area (Å²) in [5.74, 6) is -2.60. The summed E-state index contributed by atoms with van der Waals surface area (Å²) in [6.45, 7) is 1.84. The Morgan fingerprint density at radius 1 is 1.04 bits per heavy atom. The van der Waals surface area contributed by atoms with Gasteiger partial charge in [0.2, 0.25) is 0 Å². The van der Waals surface area contributed by atoms with E-state index in [0.29, 0.717) is 0 Å². The third-order valence-electron chi connectivity index (χ3n) is 3.96. The third-order valence-corrected chi connectivity index (χ3v) is 3.96. The SMILES string of the molecule is CC1(C)NC(=O)N(CC(=O)OCN2C(=O)c3ccccc3C2=O)C1=O. The van der Waals surface area contributed by atoms with Gasteiger partial charge in [0.25, 0.3) is 17.7 Å². The van der Waals surface area contributed by atoms with Crippen LogP contribution in [-0.4, -0.2) is 58.3 Å². The van der Waals surface area contributed by atoms with Gasteiger partial charge in [0.1, 0.15) is 12.1 Å². The molecule has 0 aliphatic carbocycles. The van der Waals surface area contributed by atoms with Crippen molar-refractivity contribution in [2.75, 3.05) is 13.3 Å². The van der Waals surface area contributed by atoms with Gasteiger partial charge in [0.05, 0.1) is 11.1 Å². The Balaban J connectivity index is 1.61. The molecule has 2 heterocycles. The average molecular weight is 345 g/mol. The summed E-state index contributed by atoms with van der Waals surface area (Å²) < 4.78 is 4.90. The van der Waals surface area contributed by atoms with E-state index in [2.05, 4.69) is 5.32 Å². The average Bonchev–Trinajstić information content (AvgIpc) is 2.91. The van der Waals surface area contributed by atoms with Gasteiger partial charge in [-0.1, -0.05) is 12.1 Å². The Morgan fingerprint density at radius 2 is 1.60 bits per heavy atom. The lowest BCUT2D eigenvalue weighted by atomic mass is 10.1. The van der Waals surface area contributed by atoms with Crippen LogP contribution in [0.15, 0.2) is 24.3 Å². The smallest absolute Gasteiger partial charge is 0.328 e. The molecule has 130 valence electrons. The molecule has 2 aliphatic heterocycles. The number of carbonyl (C=O) groups is 5. The summed E-state index contributed by atoms with van der Waals surface area (Å²) in [6.07, 6.45) is 0. The largest absolute Gasteiger partial charge is 0.442 e. The first-order chi connectivity index (χ1) is 11.7. The number of amides is 5. The number of nitrogens with zero attached hydrogens (tertiary/aromatic N) is 2. The van der Waals surface area contributed by atoms with E-state index in [1.807, 2.05) is 0 Å². The van der Waals surface area contributed by atoms with Crippen LogP contribution in [0.25, 0.3) is 0 Å². The van der Waals surface area contributed by atoms with Crippen LogP contribution < -0.4 is 5.32 Å². The lowest BCUT2D eigenvalue weighted by Crippen LogP contribution is -2.42. The molecule has 0 bridgehead atoms. The monoisotopic (exact) mass is 345 g/mol. The zero-order valence-corrected chi connectivity index (χ0v) is 13.6. The minimum atomic E-state index is -1.10. The Morgan fingerprint density at radius 3 is 2.08 bits per heavy atom. The Labute approximate surface area is 142 Å². The molecular formula is C16H15N3O6. The fourth-order valence-electron chi connectivity index (χ4n) is 2.63. The molecular weight excluding hydrogens is 330 g/mol. The van der Waals surface area contributed by atoms with Crippen molar-refractivity contribution < 1.29 is 28.7 Å². The van der Waals surface area contributed by atoms with Crippen LogP contribution in [0.1, 0.15) is 34.6 Å². The number of fused-ring (bicyclic) bond motifs is 1. The second kappa shape index (κ2) is 5.69. The summed E-state index contributed by atoms with van der Waals surface area (Å²) in [6, 6.07) is 5.56. The van der Waals surface area contributed by atoms with Crippen LogP contribution in [0.3, 0.4) is 0 Å². The van der Waals surface area contributed by atoms with Gasteiger partial charge in [-0.05, 0) is 26.0 Å². The maximum Gasteiger partial charge on any atom is 0.328 e. The van der Waals surface area contributed by atoms with E-state index < -0.39 is 48.5 Å². The molecule has 3 rings (SSSR count). The highest BCUT2D eigenvalue weighted by molar-refractivity contribution is 6.21. The van der Waals surface area contributed by atoms with E-state index in [4.69, 9.17) is 4.74 Å². The number of hydrogen-bond acceptors (Lipinski definition) is 6. The first kappa shape index (κ1) is 16.6. The van der Waals surface area contributed by atoms with Crippen molar-refractivity contribution in [1.29, 1.82) is 0 Å². The van der Waals surface area contributed by atoms with E-state index in [1.165, 1.54) is 26.0 Å². The molecule has 0 unspecified atom stereocenters. The summed E-state index contributed by atoms with van der Waals surface area (Å²) in [5, 5.41) is 2.43. The highest BCUT2D eigenvalue weighted by Crippen LogP contribution is 2.22. The van der Waals surface area contributed by atoms with Crippen molar-refractivity contribution in [3.8, 4) is 0 Å². The molecule has 0 spiro atoms. The Bertz CT molecular complexity index is 781. The van der Waals surface area contributed by atoms with Crippen LogP contribution >= 0.6 is 0 Å². The van der Waals surface area contributed by atoms with Gasteiger partial charge in [-0.3, -0.25) is 24.1 Å². The normalized spacial score (nSPS) is 18.5. The van der Waals surface area contributed by atoms with Gasteiger partial charge in [-0.25, -0.2) is 9.69 Å². The summed E-state index contributed by atoms with van der Waals surface area (Å²) >= 11 is 0. The minimum absolute atomic E-state index is 0.236. The zero-order valence-electron chi connectivity index (χ0n) is 13.6. The van der Waals surface area contributed by atoms with E-state index in [1.54, 1.807) is 12.1 Å². The van der Waals surface area contributed by atoms with Gasteiger partial charge in [0, 0.05) is 0 Å². The number of benzene rings is 1. The summed E-state index contributed by atoms with van der Waals surface area (Å²) in [7, 11) is 0. The van der Waals surface area contributed by atoms with Crippen molar-refractivity contribution >= 4 is 29.7 Å². The molecule has 25 heavy (non-hydrogen) atoms. The number of ether oxygens (including phenoxy) is 1. The highest BCUT2D eigenvalue weighted by Gasteiger charge is 2.45. The number of esters is 1. The molecule has 9 heteroatoms. The Hall–Kier alpha value is -3.23. The van der Waals surface area contributed by atoms with Gasteiger partial charge in [0.15, 0.2) is 6.73 Å². The molecule has 9 nitrogen and oxygen atoms in total. The number of nitrogens with one attached hydrogen (secondary N) is 1. The molecule has 1 fully saturated rings. The lowest BCUT2D eigenvalue weighted by Gasteiger charge is -2.17. The fraction of sp³-hybridized carbons (Fsp3) is 0.312. The first-order valence-corrected chi connectivity index (χ1v) is 7.47. The first-order valence-electron chi connectivity index (χ1n) is 7.47. The predicted octanol–water partition coefficient (Wildman–Crippen LogP) is 0.114. The highest BCUT2D eigenvalue weighted by atomic mass is 16.5. The predicted molar refractivity (Wildman–Crippen MR) is 82.2 cm³/mol. The standard InChI is InChI=1S/C16H15N3O6/c1-16(2)14(23)18(15(24)17-16)7-11(20)25-8-19-12(21)9-5-3-4-6-10(9)13(19)22/h3-6H,7-8H2,1-2H3,(H,17,24). The number of imide groups is 2. The van der Waals surface area contributed by atoms with Gasteiger partial charge >= 0.3 is 12.0 Å². The van der Waals surface area contributed by atoms with Crippen LogP contribution in [0, 0.1) is 0 Å². The van der Waals surface area contributed by atoms with Gasteiger partial charge in [-0.15, -0.1) is 0 Å². The van der Waals surface area contributed by atoms with E-state index in [-0.39, 0.29) is 11.1 Å². The number of urea groups is 1. The van der Waals surface area contributed by atoms with Crippen molar-refractivity contribution in [3.63, 3.8) is 0 Å². The number of carbonyl (C=O) groups excluding carboxylic acids is 5. The molecule has 2 aliphatic rings. The molecule has 1 N–H and O–H groups in total. The second-order valence-corrected chi connectivity index (χ2v) is 6.18. The van der Waals surface area contributed by atoms with Crippen molar-refractivity contribution in [2.45, 2.75) is 19.4 Å². The van der Waals surface area contributed by atoms with Gasteiger partial charge in [-0.2, -0.15) is 0 Å². The molecule has 0 saturated carbocycles. The van der Waals surface area contributed by atoms with Crippen molar-refractivity contribution in [3.05, 3.63) is 35.4 Å². The van der Waals surface area contributed by atoms with Crippen LogP contribution in [0.4, 0.5) is 4.79 Å². The molecule has 1 saturated heterocycles. The van der Waals surface area contributed by atoms with E-state index in [0.717, 1.165) is 9.80 Å². The van der Waals surface area contributed by atoms with E-state index in [9.17, 15) is 24.0 Å². The molecule has 5 amide bonds. The van der Waals surface area contributed by atoms with Crippen LogP contribution in [0.2, 0.25) is 0 Å². The second-order valence-electron chi connectivity index (χ2n) is 6.18. The fourth-order valence-corrected chi connectivity index (χ4v) is 2.63. The summed E-state index contributed by atoms with van der Waals surface area (Å²) in [5.41, 5.74) is -0.626. The van der Waals surface area contributed by atoms with Crippen molar-refractivity contribution in [1.82, 2.24) is 15.1 Å². The van der Waals surface area contributed by atoms with Crippen LogP contribution in [0.5, 0.6) is 0 Å². The maximum atomic E-state index is 12.1. The van der Waals surface area contributed by atoms with E-state index >= 15 is 0 Å². The number of hydrogen-bond donors (Lipinski definition) is 1. The Kier molecular flexibility index (Phi) is 3.78. The van der Waals surface area contributed by atoms with Crippen LogP contribution in [-0.2, 0) is 14.3 Å². The summed E-state index contributed by atoms with van der Waals surface area (Å²) in [4.78, 5) is 61.4. The topological polar surface area (TPSA) is 113 Å². The zero-order chi connectivity index (χ0) is 18.4. The quantitative estimate of drug-likeness (QED) is 0.471. The molecule has 0 aromatic heterocycles. The molecule has 1 aromatic carbocycles. The maximum absolute atomic E-state index is 12.1.